The van der Waals surface area contributed by atoms with Crippen molar-refractivity contribution in [1.82, 2.24) is 4.57 Å². The van der Waals surface area contributed by atoms with Crippen molar-refractivity contribution in [2.45, 2.75) is 45.3 Å². The van der Waals surface area contributed by atoms with Gasteiger partial charge in [0.05, 0.1) is 17.4 Å². The molecule has 5 heteroatoms. The predicted octanol–water partition coefficient (Wildman–Crippen LogP) is 7.66. The van der Waals surface area contributed by atoms with E-state index in [0.717, 1.165) is 28.1 Å². The molecule has 0 saturated carbocycles. The third kappa shape index (κ3) is 5.89. The number of benzene rings is 3. The molecule has 4 nitrogen and oxygen atoms in total. The third-order valence-electron chi connectivity index (χ3n) is 6.41. The van der Waals surface area contributed by atoms with Crippen molar-refractivity contribution in [1.29, 1.82) is 0 Å². The molecule has 190 valence electrons. The van der Waals surface area contributed by atoms with Crippen molar-refractivity contribution in [3.8, 4) is 22.4 Å². The first-order chi connectivity index (χ1) is 17.9. The van der Waals surface area contributed by atoms with Crippen molar-refractivity contribution in [2.24, 2.45) is 0 Å². The van der Waals surface area contributed by atoms with Crippen LogP contribution in [0.25, 0.3) is 22.4 Å². The quantitative estimate of drug-likeness (QED) is 0.221. The number of carbonyl (C=O) groups excluding carboxylic acids is 1. The van der Waals surface area contributed by atoms with E-state index < -0.39 is 6.10 Å². The number of nitrogens with one attached hydrogen (secondary N) is 1. The summed E-state index contributed by atoms with van der Waals surface area (Å²) < 4.78 is 16.1. The molecular weight excluding hydrogens is 463 g/mol. The van der Waals surface area contributed by atoms with Gasteiger partial charge in [0.25, 0.3) is 5.91 Å². The summed E-state index contributed by atoms with van der Waals surface area (Å²) in [6.07, 6.45) is 2.13. The van der Waals surface area contributed by atoms with Crippen LogP contribution >= 0.6 is 0 Å². The monoisotopic (exact) mass is 496 g/mol. The number of rotatable bonds is 10. The number of aliphatic hydroxyl groups is 1. The van der Waals surface area contributed by atoms with E-state index in [4.69, 9.17) is 0 Å². The Bertz CT molecular complexity index is 1340. The Morgan fingerprint density at radius 3 is 2.19 bits per heavy atom. The first kappa shape index (κ1) is 26.1. The minimum absolute atomic E-state index is 0.00438. The summed E-state index contributed by atoms with van der Waals surface area (Å²) in [7, 11) is 0. The van der Waals surface area contributed by atoms with Crippen LogP contribution in [0, 0.1) is 5.82 Å². The van der Waals surface area contributed by atoms with E-state index in [1.165, 1.54) is 12.1 Å². The molecule has 0 spiro atoms. The number of anilines is 1. The standard InChI is InChI=1S/C32H33FN2O2/c1-4-11-27(36)20-21-35-30(22(2)3)29(32(37)34-26-14-9-6-10-15-26)28(23-12-7-5-8-13-23)31(35)24-16-18-25(33)19-17-24/h4-10,12-19,22,27,36H,1,11,20-21H2,2-3H3,(H,34,37)/t27-/m0/s1. The van der Waals surface area contributed by atoms with Gasteiger partial charge in [-0.05, 0) is 66.3 Å². The number of aliphatic hydroxyl groups excluding tert-OH is 1. The number of hydrogen-bond donors (Lipinski definition) is 2. The summed E-state index contributed by atoms with van der Waals surface area (Å²) in [6.45, 7) is 8.36. The van der Waals surface area contributed by atoms with Crippen LogP contribution in [-0.2, 0) is 6.54 Å². The van der Waals surface area contributed by atoms with Crippen molar-refractivity contribution >= 4 is 11.6 Å². The van der Waals surface area contributed by atoms with Gasteiger partial charge in [0, 0.05) is 23.5 Å². The zero-order valence-electron chi connectivity index (χ0n) is 21.3. The molecule has 1 heterocycles. The highest BCUT2D eigenvalue weighted by atomic mass is 19.1. The Hall–Kier alpha value is -3.96. The Labute approximate surface area is 218 Å². The van der Waals surface area contributed by atoms with Crippen LogP contribution < -0.4 is 5.32 Å². The molecule has 4 aromatic rings. The third-order valence-corrected chi connectivity index (χ3v) is 6.41. The molecule has 0 fully saturated rings. The Kier molecular flexibility index (Phi) is 8.36. The molecule has 0 saturated heterocycles. The van der Waals surface area contributed by atoms with Crippen molar-refractivity contribution < 1.29 is 14.3 Å². The Morgan fingerprint density at radius 1 is 0.973 bits per heavy atom. The maximum Gasteiger partial charge on any atom is 0.258 e. The second-order valence-electron chi connectivity index (χ2n) is 9.45. The van der Waals surface area contributed by atoms with Gasteiger partial charge in [-0.2, -0.15) is 0 Å². The maximum absolute atomic E-state index is 14.0. The highest BCUT2D eigenvalue weighted by Gasteiger charge is 2.30. The number of nitrogens with zero attached hydrogens (tertiary/aromatic N) is 1. The zero-order chi connectivity index (χ0) is 26.4. The fourth-order valence-corrected chi connectivity index (χ4v) is 4.80. The highest BCUT2D eigenvalue weighted by Crippen LogP contribution is 2.42. The largest absolute Gasteiger partial charge is 0.393 e. The van der Waals surface area contributed by atoms with Crippen LogP contribution in [0.3, 0.4) is 0 Å². The van der Waals surface area contributed by atoms with Gasteiger partial charge in [-0.3, -0.25) is 4.79 Å². The van der Waals surface area contributed by atoms with Crippen LogP contribution in [0.4, 0.5) is 10.1 Å². The van der Waals surface area contributed by atoms with Crippen LogP contribution in [-0.4, -0.2) is 21.7 Å². The first-order valence-electron chi connectivity index (χ1n) is 12.6. The number of amides is 1. The second kappa shape index (κ2) is 11.8. The van der Waals surface area contributed by atoms with Gasteiger partial charge < -0.3 is 15.0 Å². The van der Waals surface area contributed by atoms with Gasteiger partial charge in [0.2, 0.25) is 0 Å². The average Bonchev–Trinajstić information content (AvgIpc) is 3.25. The summed E-state index contributed by atoms with van der Waals surface area (Å²) in [5.41, 5.74) is 5.49. The molecule has 3 aromatic carbocycles. The summed E-state index contributed by atoms with van der Waals surface area (Å²) in [5.74, 6) is -0.525. The lowest BCUT2D eigenvalue weighted by molar-refractivity contribution is 0.102. The van der Waals surface area contributed by atoms with E-state index in [1.54, 1.807) is 18.2 Å². The number of halogens is 1. The molecule has 0 radical (unpaired) electrons. The summed E-state index contributed by atoms with van der Waals surface area (Å²) in [4.78, 5) is 14.0. The van der Waals surface area contributed by atoms with E-state index in [1.807, 2.05) is 60.7 Å². The van der Waals surface area contributed by atoms with E-state index in [9.17, 15) is 14.3 Å². The Morgan fingerprint density at radius 2 is 1.59 bits per heavy atom. The number of para-hydroxylation sites is 1. The lowest BCUT2D eigenvalue weighted by Gasteiger charge is -2.19. The number of carbonyl (C=O) groups is 1. The molecule has 2 N–H and O–H groups in total. The fraction of sp³-hybridized carbons (Fsp3) is 0.219. The summed E-state index contributed by atoms with van der Waals surface area (Å²) in [5, 5.41) is 13.6. The first-order valence-corrected chi connectivity index (χ1v) is 12.6. The van der Waals surface area contributed by atoms with Gasteiger partial charge >= 0.3 is 0 Å². The van der Waals surface area contributed by atoms with Gasteiger partial charge in [-0.15, -0.1) is 6.58 Å². The van der Waals surface area contributed by atoms with E-state index in [-0.39, 0.29) is 17.6 Å². The minimum atomic E-state index is -0.553. The number of aromatic nitrogens is 1. The van der Waals surface area contributed by atoms with Gasteiger partial charge in [0.15, 0.2) is 0 Å². The molecular formula is C32H33FN2O2. The van der Waals surface area contributed by atoms with Gasteiger partial charge in [-0.1, -0.05) is 68.5 Å². The van der Waals surface area contributed by atoms with Crippen LogP contribution in [0.2, 0.25) is 0 Å². The molecule has 0 aliphatic rings. The molecule has 4 rings (SSSR count). The average molecular weight is 497 g/mol. The lowest BCUT2D eigenvalue weighted by Crippen LogP contribution is -2.17. The van der Waals surface area contributed by atoms with Crippen LogP contribution in [0.1, 0.15) is 48.7 Å². The second-order valence-corrected chi connectivity index (χ2v) is 9.45. The minimum Gasteiger partial charge on any atom is -0.393 e. The molecule has 0 bridgehead atoms. The normalized spacial score (nSPS) is 11.9. The zero-order valence-corrected chi connectivity index (χ0v) is 21.3. The molecule has 0 aliphatic carbocycles. The van der Waals surface area contributed by atoms with Gasteiger partial charge in [0.1, 0.15) is 5.82 Å². The fourth-order valence-electron chi connectivity index (χ4n) is 4.80. The highest BCUT2D eigenvalue weighted by molar-refractivity contribution is 6.12. The van der Waals surface area contributed by atoms with E-state index >= 15 is 0 Å². The number of hydrogen-bond acceptors (Lipinski definition) is 2. The molecule has 1 aromatic heterocycles. The van der Waals surface area contributed by atoms with Crippen molar-refractivity contribution in [2.75, 3.05) is 5.32 Å². The van der Waals surface area contributed by atoms with Crippen LogP contribution in [0.5, 0.6) is 0 Å². The molecule has 0 unspecified atom stereocenters. The SMILES string of the molecule is C=CC[C@H](O)CCn1c(-c2ccc(F)cc2)c(-c2ccccc2)c(C(=O)Nc2ccccc2)c1C(C)C. The van der Waals surface area contributed by atoms with Crippen molar-refractivity contribution in [3.63, 3.8) is 0 Å². The molecule has 1 amide bonds. The summed E-state index contributed by atoms with van der Waals surface area (Å²) >= 11 is 0. The maximum atomic E-state index is 14.0. The predicted molar refractivity (Wildman–Crippen MR) is 149 cm³/mol. The molecule has 0 aliphatic heterocycles. The molecule has 1 atom stereocenters. The lowest BCUT2D eigenvalue weighted by atomic mass is 9.94. The van der Waals surface area contributed by atoms with Crippen molar-refractivity contribution in [3.05, 3.63) is 115 Å². The topological polar surface area (TPSA) is 54.3 Å². The van der Waals surface area contributed by atoms with E-state index in [0.29, 0.717) is 30.6 Å². The van der Waals surface area contributed by atoms with E-state index in [2.05, 4.69) is 30.3 Å². The summed E-state index contributed by atoms with van der Waals surface area (Å²) in [6, 6.07) is 25.6. The molecule has 37 heavy (non-hydrogen) atoms. The Balaban J connectivity index is 2.00. The smallest absolute Gasteiger partial charge is 0.258 e. The van der Waals surface area contributed by atoms with Gasteiger partial charge in [-0.25, -0.2) is 4.39 Å². The van der Waals surface area contributed by atoms with Crippen LogP contribution in [0.15, 0.2) is 97.6 Å².